The molecule has 2 aromatic rings. The molecule has 0 bridgehead atoms. The summed E-state index contributed by atoms with van der Waals surface area (Å²) in [7, 11) is 0. The fourth-order valence-corrected chi connectivity index (χ4v) is 2.03. The van der Waals surface area contributed by atoms with Crippen LogP contribution < -0.4 is 5.32 Å². The summed E-state index contributed by atoms with van der Waals surface area (Å²) in [5.74, 6) is -0.274. The molecule has 0 aromatic carbocycles. The van der Waals surface area contributed by atoms with Gasteiger partial charge < -0.3 is 9.88 Å². The second-order valence-electron chi connectivity index (χ2n) is 3.89. The molecule has 2 heterocycles. The highest BCUT2D eigenvalue weighted by Crippen LogP contribution is 2.06. The van der Waals surface area contributed by atoms with E-state index in [0.29, 0.717) is 12.2 Å². The van der Waals surface area contributed by atoms with Crippen LogP contribution in [0.3, 0.4) is 0 Å². The number of aryl methyl sites for hydroxylation is 1. The van der Waals surface area contributed by atoms with E-state index in [4.69, 9.17) is 0 Å². The van der Waals surface area contributed by atoms with E-state index in [1.807, 2.05) is 0 Å². The minimum Gasteiger partial charge on any atom is -0.349 e. The van der Waals surface area contributed by atoms with Crippen molar-refractivity contribution in [2.75, 3.05) is 4.43 Å². The van der Waals surface area contributed by atoms with Gasteiger partial charge in [0.1, 0.15) is 12.2 Å². The summed E-state index contributed by atoms with van der Waals surface area (Å²) in [6, 6.07) is 0. The summed E-state index contributed by atoms with van der Waals surface area (Å²) < 4.78 is 4.03. The predicted octanol–water partition coefficient (Wildman–Crippen LogP) is 0.624. The third kappa shape index (κ3) is 3.82. The molecule has 0 saturated heterocycles. The number of aromatic nitrogens is 5. The summed E-state index contributed by atoms with van der Waals surface area (Å²) in [5, 5.41) is 13.3. The van der Waals surface area contributed by atoms with Gasteiger partial charge in [-0.2, -0.15) is 0 Å². The lowest BCUT2D eigenvalue weighted by atomic mass is 10.4. The maximum Gasteiger partial charge on any atom is 0.272 e. The number of amides is 1. The maximum atomic E-state index is 11.7. The molecule has 0 radical (unpaired) electrons. The monoisotopic (exact) mass is 389 g/mol. The normalized spacial score (nSPS) is 10.4. The molecule has 0 spiro atoms. The Morgan fingerprint density at radius 1 is 1.50 bits per heavy atom. The summed E-state index contributed by atoms with van der Waals surface area (Å²) in [4.78, 5) is 25.9. The Bertz CT molecular complexity index is 594. The molecule has 20 heavy (non-hydrogen) atoms. The van der Waals surface area contributed by atoms with Crippen LogP contribution in [-0.4, -0.2) is 34.9 Å². The van der Waals surface area contributed by atoms with E-state index in [1.54, 1.807) is 10.9 Å². The van der Waals surface area contributed by atoms with Crippen LogP contribution in [-0.2, 0) is 24.4 Å². The van der Waals surface area contributed by atoms with Gasteiger partial charge in [-0.05, 0) is 0 Å². The van der Waals surface area contributed by atoms with E-state index >= 15 is 0 Å². The first-order valence-corrected chi connectivity index (χ1v) is 7.31. The van der Waals surface area contributed by atoms with Gasteiger partial charge in [0, 0.05) is 22.0 Å². The molecule has 9 nitrogen and oxygen atoms in total. The molecule has 106 valence electrons. The number of nitrogens with one attached hydrogen (secondary N) is 1. The Labute approximate surface area is 127 Å². The van der Waals surface area contributed by atoms with E-state index in [9.17, 15) is 9.70 Å². The van der Waals surface area contributed by atoms with Crippen molar-refractivity contribution in [2.24, 2.45) is 5.18 Å². The van der Waals surface area contributed by atoms with E-state index in [0.717, 1.165) is 11.0 Å². The van der Waals surface area contributed by atoms with Crippen molar-refractivity contribution in [1.82, 2.24) is 29.9 Å². The zero-order valence-corrected chi connectivity index (χ0v) is 12.6. The zero-order valence-electron chi connectivity index (χ0n) is 10.4. The molecular weight excluding hydrogens is 377 g/mol. The SMILES string of the molecule is O=Nc1nccn1CC(=O)NCc1cn(CCI)nn1. The van der Waals surface area contributed by atoms with Gasteiger partial charge in [0.2, 0.25) is 5.91 Å². The Hall–Kier alpha value is -1.85. The zero-order chi connectivity index (χ0) is 14.4. The van der Waals surface area contributed by atoms with Gasteiger partial charge in [0.15, 0.2) is 0 Å². The Morgan fingerprint density at radius 2 is 2.35 bits per heavy atom. The quantitative estimate of drug-likeness (QED) is 0.425. The number of carbonyl (C=O) groups excluding carboxylic acids is 1. The number of nitrogens with zero attached hydrogens (tertiary/aromatic N) is 6. The van der Waals surface area contributed by atoms with Crippen LogP contribution >= 0.6 is 22.6 Å². The van der Waals surface area contributed by atoms with Gasteiger partial charge in [-0.1, -0.05) is 27.8 Å². The highest BCUT2D eigenvalue weighted by Gasteiger charge is 2.08. The minimum absolute atomic E-state index is 0.0110. The summed E-state index contributed by atoms with van der Waals surface area (Å²) >= 11 is 2.25. The molecule has 0 fully saturated rings. The molecule has 2 aromatic heterocycles. The molecule has 1 amide bonds. The molecule has 0 atom stereocenters. The molecule has 10 heteroatoms. The van der Waals surface area contributed by atoms with E-state index in [1.165, 1.54) is 17.0 Å². The highest BCUT2D eigenvalue weighted by molar-refractivity contribution is 14.1. The van der Waals surface area contributed by atoms with Crippen molar-refractivity contribution in [3.8, 4) is 0 Å². The molecule has 0 unspecified atom stereocenters. The first-order chi connectivity index (χ1) is 9.72. The van der Waals surface area contributed by atoms with E-state index in [-0.39, 0.29) is 18.4 Å². The fourth-order valence-electron chi connectivity index (χ4n) is 1.54. The standard InChI is InChI=1S/C10H12IN7O2/c11-1-3-18-6-8(14-16-18)5-13-9(19)7-17-4-2-12-10(17)15-20/h2,4,6H,1,3,5,7H2,(H,13,19). The number of imidazole rings is 1. The van der Waals surface area contributed by atoms with Gasteiger partial charge in [-0.25, -0.2) is 4.98 Å². The minimum atomic E-state index is -0.253. The first-order valence-electron chi connectivity index (χ1n) is 5.79. The van der Waals surface area contributed by atoms with Crippen molar-refractivity contribution < 1.29 is 4.79 Å². The predicted molar refractivity (Wildman–Crippen MR) is 78.4 cm³/mol. The molecular formula is C10H12IN7O2. The Balaban J connectivity index is 1.84. The summed E-state index contributed by atoms with van der Waals surface area (Å²) in [6.45, 7) is 1.06. The number of rotatable bonds is 7. The van der Waals surface area contributed by atoms with Crippen molar-refractivity contribution in [2.45, 2.75) is 19.6 Å². The van der Waals surface area contributed by atoms with Crippen molar-refractivity contribution in [3.63, 3.8) is 0 Å². The van der Waals surface area contributed by atoms with E-state index < -0.39 is 0 Å². The number of alkyl halides is 1. The van der Waals surface area contributed by atoms with Crippen molar-refractivity contribution >= 4 is 34.4 Å². The summed E-state index contributed by atoms with van der Waals surface area (Å²) in [6.07, 6.45) is 4.72. The van der Waals surface area contributed by atoms with Gasteiger partial charge in [0.05, 0.1) is 19.3 Å². The largest absolute Gasteiger partial charge is 0.349 e. The third-order valence-corrected chi connectivity index (χ3v) is 2.94. The summed E-state index contributed by atoms with van der Waals surface area (Å²) in [5.41, 5.74) is 0.683. The molecule has 0 aliphatic rings. The number of carbonyl (C=O) groups is 1. The highest BCUT2D eigenvalue weighted by atomic mass is 127. The number of hydrogen-bond donors (Lipinski definition) is 1. The maximum absolute atomic E-state index is 11.7. The van der Waals surface area contributed by atoms with Crippen LogP contribution in [0.4, 0.5) is 5.95 Å². The average Bonchev–Trinajstić information content (AvgIpc) is 3.06. The first kappa shape index (κ1) is 14.6. The molecule has 1 N–H and O–H groups in total. The van der Waals surface area contributed by atoms with Crippen molar-refractivity contribution in [1.29, 1.82) is 0 Å². The number of halogens is 1. The van der Waals surface area contributed by atoms with Crippen LogP contribution in [0.15, 0.2) is 23.8 Å². The van der Waals surface area contributed by atoms with Crippen LogP contribution in [0.5, 0.6) is 0 Å². The second-order valence-corrected chi connectivity index (χ2v) is 4.96. The Morgan fingerprint density at radius 3 is 3.10 bits per heavy atom. The number of hydrogen-bond acceptors (Lipinski definition) is 6. The average molecular weight is 389 g/mol. The second kappa shape index (κ2) is 7.07. The van der Waals surface area contributed by atoms with Gasteiger partial charge in [-0.15, -0.1) is 10.0 Å². The van der Waals surface area contributed by atoms with E-state index in [2.05, 4.69) is 48.4 Å². The Kier molecular flexibility index (Phi) is 5.15. The molecule has 0 aliphatic carbocycles. The van der Waals surface area contributed by atoms with Crippen molar-refractivity contribution in [3.05, 3.63) is 29.2 Å². The molecule has 0 saturated carbocycles. The molecule has 2 rings (SSSR count). The lowest BCUT2D eigenvalue weighted by Gasteiger charge is -2.04. The fraction of sp³-hybridized carbons (Fsp3) is 0.400. The van der Waals surface area contributed by atoms with Gasteiger partial charge in [-0.3, -0.25) is 9.48 Å². The van der Waals surface area contributed by atoms with Crippen LogP contribution in [0.25, 0.3) is 0 Å². The lowest BCUT2D eigenvalue weighted by molar-refractivity contribution is -0.121. The smallest absolute Gasteiger partial charge is 0.272 e. The lowest BCUT2D eigenvalue weighted by Crippen LogP contribution is -2.26. The van der Waals surface area contributed by atoms with Gasteiger partial charge in [0.25, 0.3) is 5.95 Å². The van der Waals surface area contributed by atoms with Crippen LogP contribution in [0.2, 0.25) is 0 Å². The number of nitroso groups, excluding NO2 is 1. The molecule has 0 aliphatic heterocycles. The van der Waals surface area contributed by atoms with Crippen LogP contribution in [0, 0.1) is 4.91 Å². The van der Waals surface area contributed by atoms with Gasteiger partial charge >= 0.3 is 0 Å². The van der Waals surface area contributed by atoms with Crippen LogP contribution in [0.1, 0.15) is 5.69 Å². The third-order valence-electron chi connectivity index (χ3n) is 2.46. The topological polar surface area (TPSA) is 107 Å².